The van der Waals surface area contributed by atoms with Gasteiger partial charge in [-0.2, -0.15) is 0 Å². The van der Waals surface area contributed by atoms with Crippen LogP contribution < -0.4 is 10.1 Å². The van der Waals surface area contributed by atoms with Gasteiger partial charge in [0.25, 0.3) is 0 Å². The first-order valence-electron chi connectivity index (χ1n) is 5.87. The van der Waals surface area contributed by atoms with Crippen LogP contribution in [0, 0.1) is 0 Å². The molecule has 0 saturated carbocycles. The molecule has 1 rings (SSSR count). The number of aliphatic hydroxyl groups is 1. The summed E-state index contributed by atoms with van der Waals surface area (Å²) in [4.78, 5) is 0. The molecule has 0 aromatic heterocycles. The van der Waals surface area contributed by atoms with E-state index >= 15 is 0 Å². The molecule has 0 radical (unpaired) electrons. The lowest BCUT2D eigenvalue weighted by Gasteiger charge is -2.13. The molecule has 0 aliphatic rings. The van der Waals surface area contributed by atoms with Crippen LogP contribution in [0.5, 0.6) is 11.5 Å². The molecule has 3 N–H and O–H groups in total. The van der Waals surface area contributed by atoms with Gasteiger partial charge in [0.2, 0.25) is 0 Å². The number of phenolic OH excluding ortho intramolecular Hbond substituents is 1. The quantitative estimate of drug-likeness (QED) is 0.677. The number of phenols is 1. The summed E-state index contributed by atoms with van der Waals surface area (Å²) in [5, 5.41) is 21.5. The average Bonchev–Trinajstić information content (AvgIpc) is 2.35. The predicted octanol–water partition coefficient (Wildman–Crippen LogP) is 1.65. The van der Waals surface area contributed by atoms with E-state index in [0.717, 1.165) is 24.9 Å². The summed E-state index contributed by atoms with van der Waals surface area (Å²) >= 11 is 0. The van der Waals surface area contributed by atoms with Gasteiger partial charge >= 0.3 is 0 Å². The third-order valence-electron chi connectivity index (χ3n) is 2.69. The minimum absolute atomic E-state index is 0.157. The molecule has 1 unspecified atom stereocenters. The zero-order valence-corrected chi connectivity index (χ0v) is 10.4. The molecule has 0 fully saturated rings. The summed E-state index contributed by atoms with van der Waals surface area (Å²) in [6.45, 7) is 3.05. The minimum atomic E-state index is 0.157. The molecule has 0 bridgehead atoms. The van der Waals surface area contributed by atoms with Crippen LogP contribution in [0.1, 0.15) is 25.3 Å². The summed E-state index contributed by atoms with van der Waals surface area (Å²) in [6.07, 6.45) is 1.76. The van der Waals surface area contributed by atoms with Crippen molar-refractivity contribution in [3.8, 4) is 11.5 Å². The van der Waals surface area contributed by atoms with Crippen molar-refractivity contribution >= 4 is 0 Å². The molecule has 1 aromatic carbocycles. The molecule has 0 heterocycles. The van der Waals surface area contributed by atoms with Crippen molar-refractivity contribution in [1.29, 1.82) is 0 Å². The highest BCUT2D eigenvalue weighted by molar-refractivity contribution is 5.41. The standard InChI is InChI=1S/C13H21NO3/c1-10(4-3-7-15)14-9-11-5-6-12(16)13(8-11)17-2/h5-6,8,10,14-16H,3-4,7,9H2,1-2H3. The number of benzene rings is 1. The molecule has 0 amide bonds. The Morgan fingerprint density at radius 1 is 1.41 bits per heavy atom. The first-order chi connectivity index (χ1) is 8.17. The van der Waals surface area contributed by atoms with E-state index in [9.17, 15) is 5.11 Å². The summed E-state index contributed by atoms with van der Waals surface area (Å²) in [5.41, 5.74) is 1.07. The highest BCUT2D eigenvalue weighted by Gasteiger charge is 2.04. The number of aliphatic hydroxyl groups excluding tert-OH is 1. The zero-order chi connectivity index (χ0) is 12.7. The Kier molecular flexibility index (Phi) is 5.80. The average molecular weight is 239 g/mol. The number of hydrogen-bond acceptors (Lipinski definition) is 4. The zero-order valence-electron chi connectivity index (χ0n) is 10.4. The van der Waals surface area contributed by atoms with Crippen molar-refractivity contribution in [3.63, 3.8) is 0 Å². The summed E-state index contributed by atoms with van der Waals surface area (Å²) in [7, 11) is 1.54. The maximum Gasteiger partial charge on any atom is 0.160 e. The first-order valence-corrected chi connectivity index (χ1v) is 5.87. The van der Waals surface area contributed by atoms with E-state index in [-0.39, 0.29) is 12.4 Å². The van der Waals surface area contributed by atoms with Crippen LogP contribution in [0.15, 0.2) is 18.2 Å². The molecule has 1 aromatic rings. The van der Waals surface area contributed by atoms with E-state index < -0.39 is 0 Å². The van der Waals surface area contributed by atoms with Gasteiger partial charge in [0.15, 0.2) is 11.5 Å². The van der Waals surface area contributed by atoms with Gasteiger partial charge in [-0.3, -0.25) is 0 Å². The maximum atomic E-state index is 9.46. The Bertz CT molecular complexity index is 341. The monoisotopic (exact) mass is 239 g/mol. The highest BCUT2D eigenvalue weighted by atomic mass is 16.5. The number of methoxy groups -OCH3 is 1. The van der Waals surface area contributed by atoms with E-state index in [1.807, 2.05) is 12.1 Å². The Balaban J connectivity index is 2.46. The van der Waals surface area contributed by atoms with Crippen molar-refractivity contribution in [2.45, 2.75) is 32.4 Å². The molecule has 0 aliphatic heterocycles. The van der Waals surface area contributed by atoms with Crippen molar-refractivity contribution in [2.75, 3.05) is 13.7 Å². The normalized spacial score (nSPS) is 12.4. The van der Waals surface area contributed by atoms with Crippen LogP contribution in [-0.2, 0) is 6.54 Å². The maximum absolute atomic E-state index is 9.46. The van der Waals surface area contributed by atoms with E-state index in [0.29, 0.717) is 11.8 Å². The molecule has 4 nitrogen and oxygen atoms in total. The molecule has 0 aliphatic carbocycles. The molecule has 4 heteroatoms. The number of aromatic hydroxyl groups is 1. The third-order valence-corrected chi connectivity index (χ3v) is 2.69. The SMILES string of the molecule is COc1cc(CNC(C)CCCO)ccc1O. The molecule has 96 valence electrons. The summed E-state index contributed by atoms with van der Waals surface area (Å²) in [6, 6.07) is 5.68. The fraction of sp³-hybridized carbons (Fsp3) is 0.538. The summed E-state index contributed by atoms with van der Waals surface area (Å²) in [5.74, 6) is 0.650. The van der Waals surface area contributed by atoms with Crippen LogP contribution in [-0.4, -0.2) is 30.0 Å². The van der Waals surface area contributed by atoms with Crippen molar-refractivity contribution in [1.82, 2.24) is 5.32 Å². The van der Waals surface area contributed by atoms with Gasteiger partial charge < -0.3 is 20.3 Å². The van der Waals surface area contributed by atoms with Gasteiger partial charge in [-0.15, -0.1) is 0 Å². The second-order valence-corrected chi connectivity index (χ2v) is 4.15. The van der Waals surface area contributed by atoms with Gasteiger partial charge in [-0.25, -0.2) is 0 Å². The molecule has 0 saturated heterocycles. The molecular weight excluding hydrogens is 218 g/mol. The van der Waals surface area contributed by atoms with Gasteiger partial charge in [0, 0.05) is 19.2 Å². The number of ether oxygens (including phenoxy) is 1. The predicted molar refractivity (Wildman–Crippen MR) is 67.3 cm³/mol. The van der Waals surface area contributed by atoms with Crippen LogP contribution in [0.2, 0.25) is 0 Å². The van der Waals surface area contributed by atoms with Crippen molar-refractivity contribution < 1.29 is 14.9 Å². The Labute approximate surface area is 102 Å². The Morgan fingerprint density at radius 2 is 2.18 bits per heavy atom. The van der Waals surface area contributed by atoms with E-state index in [1.165, 1.54) is 7.11 Å². The van der Waals surface area contributed by atoms with Crippen LogP contribution in [0.3, 0.4) is 0 Å². The van der Waals surface area contributed by atoms with E-state index in [4.69, 9.17) is 9.84 Å². The molecular formula is C13H21NO3. The van der Waals surface area contributed by atoms with Crippen molar-refractivity contribution in [2.24, 2.45) is 0 Å². The lowest BCUT2D eigenvalue weighted by atomic mass is 10.1. The van der Waals surface area contributed by atoms with Crippen LogP contribution in [0.4, 0.5) is 0 Å². The van der Waals surface area contributed by atoms with Gasteiger partial charge in [-0.1, -0.05) is 6.07 Å². The molecule has 0 spiro atoms. The Hall–Kier alpha value is -1.26. The molecule has 1 atom stereocenters. The fourth-order valence-corrected chi connectivity index (χ4v) is 1.62. The number of nitrogens with one attached hydrogen (secondary N) is 1. The second kappa shape index (κ2) is 7.14. The van der Waals surface area contributed by atoms with Crippen LogP contribution in [0.25, 0.3) is 0 Å². The number of rotatable bonds is 7. The first kappa shape index (κ1) is 13.8. The topological polar surface area (TPSA) is 61.7 Å². The van der Waals surface area contributed by atoms with E-state index in [1.54, 1.807) is 6.07 Å². The van der Waals surface area contributed by atoms with Gasteiger partial charge in [-0.05, 0) is 37.5 Å². The lowest BCUT2D eigenvalue weighted by molar-refractivity contribution is 0.276. The largest absolute Gasteiger partial charge is 0.504 e. The lowest BCUT2D eigenvalue weighted by Crippen LogP contribution is -2.25. The van der Waals surface area contributed by atoms with Gasteiger partial charge in [0.05, 0.1) is 7.11 Å². The Morgan fingerprint density at radius 3 is 2.82 bits per heavy atom. The fourth-order valence-electron chi connectivity index (χ4n) is 1.62. The highest BCUT2D eigenvalue weighted by Crippen LogP contribution is 2.26. The summed E-state index contributed by atoms with van der Waals surface area (Å²) < 4.78 is 5.05. The minimum Gasteiger partial charge on any atom is -0.504 e. The molecule has 17 heavy (non-hydrogen) atoms. The smallest absolute Gasteiger partial charge is 0.160 e. The second-order valence-electron chi connectivity index (χ2n) is 4.15. The van der Waals surface area contributed by atoms with E-state index in [2.05, 4.69) is 12.2 Å². The van der Waals surface area contributed by atoms with Crippen molar-refractivity contribution in [3.05, 3.63) is 23.8 Å². The number of hydrogen-bond donors (Lipinski definition) is 3. The van der Waals surface area contributed by atoms with Crippen LogP contribution >= 0.6 is 0 Å². The van der Waals surface area contributed by atoms with Gasteiger partial charge in [0.1, 0.15) is 0 Å². The third kappa shape index (κ3) is 4.63.